The van der Waals surface area contributed by atoms with E-state index in [9.17, 15) is 14.4 Å². The molecule has 0 aliphatic carbocycles. The number of nitrogens with zero attached hydrogens (tertiary/aromatic N) is 1. The van der Waals surface area contributed by atoms with Crippen LogP contribution in [0.15, 0.2) is 51.7 Å². The Balaban J connectivity index is 1.78. The number of urea groups is 1. The molecule has 1 aromatic heterocycles. The maximum atomic E-state index is 12.3. The summed E-state index contributed by atoms with van der Waals surface area (Å²) >= 11 is 0. The zero-order valence-electron chi connectivity index (χ0n) is 14.9. The molecule has 0 atom stereocenters. The van der Waals surface area contributed by atoms with Crippen molar-refractivity contribution < 1.29 is 18.7 Å². The molecule has 2 N–H and O–H groups in total. The third kappa shape index (κ3) is 3.84. The lowest BCUT2D eigenvalue weighted by atomic mass is 10.2. The van der Waals surface area contributed by atoms with Gasteiger partial charge in [0.2, 0.25) is 0 Å². The zero-order chi connectivity index (χ0) is 19.4. The zero-order valence-corrected chi connectivity index (χ0v) is 14.9. The number of benzene rings is 2. The molecule has 0 saturated carbocycles. The van der Waals surface area contributed by atoms with E-state index in [-0.39, 0.29) is 12.2 Å². The lowest BCUT2D eigenvalue weighted by molar-refractivity contribution is 0.0527. The molecule has 0 unspecified atom stereocenters. The summed E-state index contributed by atoms with van der Waals surface area (Å²) in [5.74, 6) is -0.963. The fourth-order valence-corrected chi connectivity index (χ4v) is 2.71. The van der Waals surface area contributed by atoms with E-state index in [1.165, 1.54) is 4.57 Å². The van der Waals surface area contributed by atoms with E-state index in [0.717, 1.165) is 0 Å². The average molecular weight is 369 g/mol. The van der Waals surface area contributed by atoms with Crippen molar-refractivity contribution in [1.29, 1.82) is 0 Å². The second-order valence-corrected chi connectivity index (χ2v) is 5.64. The number of ether oxygens (including phenoxy) is 1. The molecule has 0 aliphatic rings. The van der Waals surface area contributed by atoms with Gasteiger partial charge in [-0.3, -0.25) is 4.57 Å². The van der Waals surface area contributed by atoms with E-state index < -0.39 is 17.8 Å². The van der Waals surface area contributed by atoms with Crippen LogP contribution >= 0.6 is 0 Å². The molecular formula is C19H19N3O5. The maximum Gasteiger partial charge on any atom is 0.419 e. The van der Waals surface area contributed by atoms with Crippen LogP contribution in [0.4, 0.5) is 16.2 Å². The fraction of sp³-hybridized carbons (Fsp3) is 0.211. The second-order valence-electron chi connectivity index (χ2n) is 5.64. The van der Waals surface area contributed by atoms with Crippen molar-refractivity contribution in [3.05, 3.63) is 58.6 Å². The number of nitrogens with one attached hydrogen (secondary N) is 2. The van der Waals surface area contributed by atoms with E-state index in [0.29, 0.717) is 29.0 Å². The minimum absolute atomic E-state index is 0.238. The molecule has 0 bridgehead atoms. The highest BCUT2D eigenvalue weighted by molar-refractivity contribution is 6.05. The number of hydrogen-bond acceptors (Lipinski definition) is 5. The molecule has 2 aromatic carbocycles. The monoisotopic (exact) mass is 369 g/mol. The predicted molar refractivity (Wildman–Crippen MR) is 101 cm³/mol. The summed E-state index contributed by atoms with van der Waals surface area (Å²) in [4.78, 5) is 36.0. The van der Waals surface area contributed by atoms with E-state index in [1.54, 1.807) is 49.4 Å². The molecule has 2 amide bonds. The average Bonchev–Trinajstić information content (AvgIpc) is 2.96. The third-order valence-electron chi connectivity index (χ3n) is 3.91. The van der Waals surface area contributed by atoms with Gasteiger partial charge in [-0.25, -0.2) is 14.4 Å². The van der Waals surface area contributed by atoms with Crippen molar-refractivity contribution >= 4 is 34.5 Å². The highest BCUT2D eigenvalue weighted by Gasteiger charge is 2.14. The van der Waals surface area contributed by atoms with Crippen molar-refractivity contribution in [2.45, 2.75) is 20.4 Å². The molecule has 0 saturated heterocycles. The van der Waals surface area contributed by atoms with Crippen molar-refractivity contribution in [2.24, 2.45) is 0 Å². The van der Waals surface area contributed by atoms with Gasteiger partial charge in [0.15, 0.2) is 5.58 Å². The molecule has 8 heteroatoms. The molecule has 8 nitrogen and oxygen atoms in total. The number of aryl methyl sites for hydroxylation is 1. The van der Waals surface area contributed by atoms with Gasteiger partial charge in [0.1, 0.15) is 0 Å². The number of esters is 1. The fourth-order valence-electron chi connectivity index (χ4n) is 2.71. The first-order valence-electron chi connectivity index (χ1n) is 8.51. The predicted octanol–water partition coefficient (Wildman–Crippen LogP) is 3.44. The Morgan fingerprint density at radius 2 is 1.89 bits per heavy atom. The van der Waals surface area contributed by atoms with Crippen LogP contribution in [0.25, 0.3) is 11.1 Å². The number of aromatic nitrogens is 1. The summed E-state index contributed by atoms with van der Waals surface area (Å²) in [5, 5.41) is 5.28. The Labute approximate surface area is 154 Å². The largest absolute Gasteiger partial charge is 0.462 e. The standard InChI is InChI=1S/C19H19N3O5/c1-3-22-15-10-9-12(11-16(15)27-19(22)25)20-18(24)21-14-8-6-5-7-13(14)17(23)26-4-2/h5-11H,3-4H2,1-2H3,(H2,20,21,24). The molecule has 0 aliphatic heterocycles. The molecule has 140 valence electrons. The topological polar surface area (TPSA) is 103 Å². The van der Waals surface area contributed by atoms with Crippen molar-refractivity contribution in [3.63, 3.8) is 0 Å². The van der Waals surface area contributed by atoms with Crippen LogP contribution in [0.5, 0.6) is 0 Å². The lowest BCUT2D eigenvalue weighted by Gasteiger charge is -2.11. The van der Waals surface area contributed by atoms with Gasteiger partial charge in [0, 0.05) is 18.3 Å². The number of amides is 2. The quantitative estimate of drug-likeness (QED) is 0.671. The first-order chi connectivity index (χ1) is 13.0. The smallest absolute Gasteiger partial charge is 0.419 e. The Hall–Kier alpha value is -3.55. The first kappa shape index (κ1) is 18.2. The van der Waals surface area contributed by atoms with Gasteiger partial charge in [0.25, 0.3) is 0 Å². The van der Waals surface area contributed by atoms with Gasteiger partial charge in [0.05, 0.1) is 23.4 Å². The Morgan fingerprint density at radius 3 is 2.63 bits per heavy atom. The van der Waals surface area contributed by atoms with E-state index in [4.69, 9.17) is 9.15 Å². The van der Waals surface area contributed by atoms with Crippen LogP contribution in [-0.2, 0) is 11.3 Å². The van der Waals surface area contributed by atoms with Crippen molar-refractivity contribution in [3.8, 4) is 0 Å². The second kappa shape index (κ2) is 7.77. The lowest BCUT2D eigenvalue weighted by Crippen LogP contribution is -2.21. The summed E-state index contributed by atoms with van der Waals surface area (Å²) in [6.07, 6.45) is 0. The highest BCUT2D eigenvalue weighted by atomic mass is 16.5. The Kier molecular flexibility index (Phi) is 5.25. The number of rotatable bonds is 5. The van der Waals surface area contributed by atoms with Gasteiger partial charge in [-0.1, -0.05) is 12.1 Å². The molecular weight excluding hydrogens is 350 g/mol. The Morgan fingerprint density at radius 1 is 1.11 bits per heavy atom. The molecule has 1 heterocycles. The number of carbonyl (C=O) groups is 2. The number of carbonyl (C=O) groups excluding carboxylic acids is 2. The van der Waals surface area contributed by atoms with Gasteiger partial charge in [-0.2, -0.15) is 0 Å². The van der Waals surface area contributed by atoms with Gasteiger partial charge in [-0.05, 0) is 38.1 Å². The number of anilines is 2. The molecule has 0 fully saturated rings. The molecule has 3 rings (SSSR count). The molecule has 27 heavy (non-hydrogen) atoms. The van der Waals surface area contributed by atoms with Crippen molar-refractivity contribution in [2.75, 3.05) is 17.2 Å². The minimum Gasteiger partial charge on any atom is -0.462 e. The molecule has 3 aromatic rings. The van der Waals surface area contributed by atoms with Crippen LogP contribution in [0.1, 0.15) is 24.2 Å². The van der Waals surface area contributed by atoms with Crippen LogP contribution in [0, 0.1) is 0 Å². The summed E-state index contributed by atoms with van der Waals surface area (Å²) in [6, 6.07) is 11.0. The van der Waals surface area contributed by atoms with Crippen molar-refractivity contribution in [1.82, 2.24) is 4.57 Å². The SMILES string of the molecule is CCOC(=O)c1ccccc1NC(=O)Nc1ccc2c(c1)oc(=O)n2CC. The number of oxazole rings is 1. The van der Waals surface area contributed by atoms with Gasteiger partial charge in [-0.15, -0.1) is 0 Å². The maximum absolute atomic E-state index is 12.3. The Bertz CT molecular complexity index is 1050. The normalized spacial score (nSPS) is 10.6. The van der Waals surface area contributed by atoms with Gasteiger partial charge < -0.3 is 19.8 Å². The van der Waals surface area contributed by atoms with Gasteiger partial charge >= 0.3 is 17.8 Å². The number of fused-ring (bicyclic) bond motifs is 1. The molecule has 0 radical (unpaired) electrons. The summed E-state index contributed by atoms with van der Waals surface area (Å²) in [6.45, 7) is 4.28. The first-order valence-corrected chi connectivity index (χ1v) is 8.51. The third-order valence-corrected chi connectivity index (χ3v) is 3.91. The summed E-state index contributed by atoms with van der Waals surface area (Å²) in [5.41, 5.74) is 2.08. The molecule has 0 spiro atoms. The van der Waals surface area contributed by atoms with Crippen LogP contribution in [0.3, 0.4) is 0 Å². The van der Waals surface area contributed by atoms with Crippen LogP contribution < -0.4 is 16.4 Å². The number of para-hydroxylation sites is 1. The van der Waals surface area contributed by atoms with Crippen LogP contribution in [-0.4, -0.2) is 23.2 Å². The van der Waals surface area contributed by atoms with E-state index in [2.05, 4.69) is 10.6 Å². The minimum atomic E-state index is -0.539. The highest BCUT2D eigenvalue weighted by Crippen LogP contribution is 2.20. The summed E-state index contributed by atoms with van der Waals surface area (Å²) < 4.78 is 11.7. The summed E-state index contributed by atoms with van der Waals surface area (Å²) in [7, 11) is 0. The van der Waals surface area contributed by atoms with E-state index in [1.807, 2.05) is 6.92 Å². The van der Waals surface area contributed by atoms with Crippen LogP contribution in [0.2, 0.25) is 0 Å². The van der Waals surface area contributed by atoms with E-state index >= 15 is 0 Å². The number of hydrogen-bond donors (Lipinski definition) is 2.